The zero-order valence-electron chi connectivity index (χ0n) is 16.1. The zero-order valence-corrected chi connectivity index (χ0v) is 17.0. The van der Waals surface area contributed by atoms with Crippen molar-refractivity contribution >= 4 is 15.9 Å². The fourth-order valence-electron chi connectivity index (χ4n) is 3.11. The first-order valence-electron chi connectivity index (χ1n) is 9.16. The van der Waals surface area contributed by atoms with Gasteiger partial charge in [-0.2, -0.15) is 22.6 Å². The summed E-state index contributed by atoms with van der Waals surface area (Å²) in [4.78, 5) is 12.4. The van der Waals surface area contributed by atoms with Gasteiger partial charge in [0.15, 0.2) is 5.69 Å². The van der Waals surface area contributed by atoms with E-state index >= 15 is 0 Å². The number of benzene rings is 1. The lowest BCUT2D eigenvalue weighted by Crippen LogP contribution is -2.43. The summed E-state index contributed by atoms with van der Waals surface area (Å²) in [5.41, 5.74) is -1.15. The summed E-state index contributed by atoms with van der Waals surface area (Å²) in [6.07, 6.45) is -4.01. The van der Waals surface area contributed by atoms with Crippen molar-refractivity contribution in [3.8, 4) is 5.69 Å². The van der Waals surface area contributed by atoms with Crippen molar-refractivity contribution in [1.82, 2.24) is 19.4 Å². The first-order valence-corrected chi connectivity index (χ1v) is 10.8. The second-order valence-electron chi connectivity index (χ2n) is 6.69. The molecule has 1 aliphatic rings. The number of aryl methyl sites for hydroxylation is 1. The van der Waals surface area contributed by atoms with Gasteiger partial charge in [0.05, 0.1) is 36.4 Å². The largest absolute Gasteiger partial charge is 0.434 e. The smallest absolute Gasteiger partial charge is 0.379 e. The highest BCUT2D eigenvalue weighted by Gasteiger charge is 2.40. The Morgan fingerprint density at radius 3 is 2.53 bits per heavy atom. The maximum Gasteiger partial charge on any atom is 0.434 e. The average Bonchev–Trinajstić information content (AvgIpc) is 3.14. The molecule has 12 heteroatoms. The molecule has 0 aliphatic carbocycles. The third kappa shape index (κ3) is 4.82. The molecule has 0 bridgehead atoms. The standard InChI is InChI=1S/C18H21F3N4O4S/c1-13-4-2-3-5-15(13)25-16(18(19,20)21)14(12-23-25)17(26)22-6-11-30(27,28)24-7-9-29-10-8-24/h2-5,12H,6-11H2,1H3,(H,22,26). The van der Waals surface area contributed by atoms with E-state index in [1.165, 1.54) is 10.4 Å². The Morgan fingerprint density at radius 1 is 1.23 bits per heavy atom. The first kappa shape index (κ1) is 22.2. The molecule has 1 aromatic carbocycles. The second kappa shape index (κ2) is 8.74. The van der Waals surface area contributed by atoms with Gasteiger partial charge in [-0.05, 0) is 18.6 Å². The van der Waals surface area contributed by atoms with Gasteiger partial charge >= 0.3 is 6.18 Å². The van der Waals surface area contributed by atoms with Crippen LogP contribution in [0, 0.1) is 6.92 Å². The SMILES string of the molecule is Cc1ccccc1-n1ncc(C(=O)NCCS(=O)(=O)N2CCOCC2)c1C(F)(F)F. The predicted molar refractivity (Wildman–Crippen MR) is 102 cm³/mol. The Bertz CT molecular complexity index is 1010. The number of para-hydroxylation sites is 1. The number of aromatic nitrogens is 2. The summed E-state index contributed by atoms with van der Waals surface area (Å²) in [5, 5.41) is 6.02. The summed E-state index contributed by atoms with van der Waals surface area (Å²) in [6, 6.07) is 6.35. The van der Waals surface area contributed by atoms with Crippen molar-refractivity contribution in [2.75, 3.05) is 38.6 Å². The Morgan fingerprint density at radius 2 is 1.90 bits per heavy atom. The van der Waals surface area contributed by atoms with Gasteiger partial charge in [0.2, 0.25) is 10.0 Å². The number of amides is 1. The maximum atomic E-state index is 13.7. The number of hydrogen-bond acceptors (Lipinski definition) is 5. The molecule has 0 unspecified atom stereocenters. The van der Waals surface area contributed by atoms with Crippen molar-refractivity contribution < 1.29 is 31.1 Å². The molecule has 0 spiro atoms. The van der Waals surface area contributed by atoms with Gasteiger partial charge < -0.3 is 10.1 Å². The van der Waals surface area contributed by atoms with Crippen LogP contribution in [0.4, 0.5) is 13.2 Å². The molecule has 1 fully saturated rings. The maximum absolute atomic E-state index is 13.7. The molecule has 1 saturated heterocycles. The van der Waals surface area contributed by atoms with Gasteiger partial charge in [0, 0.05) is 19.6 Å². The number of halogens is 3. The number of hydrogen-bond donors (Lipinski definition) is 1. The van der Waals surface area contributed by atoms with E-state index in [0.29, 0.717) is 10.2 Å². The summed E-state index contributed by atoms with van der Waals surface area (Å²) in [5.74, 6) is -1.47. The van der Waals surface area contributed by atoms with Crippen LogP contribution in [0.1, 0.15) is 21.6 Å². The number of ether oxygens (including phenoxy) is 1. The van der Waals surface area contributed by atoms with Crippen LogP contribution in [0.25, 0.3) is 5.69 Å². The molecule has 1 amide bonds. The van der Waals surface area contributed by atoms with Crippen LogP contribution in [0.15, 0.2) is 30.5 Å². The number of carbonyl (C=O) groups is 1. The van der Waals surface area contributed by atoms with Crippen molar-refractivity contribution in [3.63, 3.8) is 0 Å². The van der Waals surface area contributed by atoms with E-state index in [1.54, 1.807) is 25.1 Å². The number of alkyl halides is 3. The van der Waals surface area contributed by atoms with Crippen molar-refractivity contribution in [2.45, 2.75) is 13.1 Å². The number of carbonyl (C=O) groups excluding carboxylic acids is 1. The minimum Gasteiger partial charge on any atom is -0.379 e. The molecule has 0 atom stereocenters. The predicted octanol–water partition coefficient (Wildman–Crippen LogP) is 1.59. The molecular weight excluding hydrogens is 425 g/mol. The minimum atomic E-state index is -4.84. The Hall–Kier alpha value is -2.44. The number of rotatable bonds is 6. The van der Waals surface area contributed by atoms with Gasteiger partial charge in [-0.15, -0.1) is 0 Å². The summed E-state index contributed by atoms with van der Waals surface area (Å²) in [6.45, 7) is 2.27. The Labute approximate surface area is 171 Å². The second-order valence-corrected chi connectivity index (χ2v) is 8.77. The van der Waals surface area contributed by atoms with E-state index < -0.39 is 39.1 Å². The van der Waals surface area contributed by atoms with Crippen molar-refractivity contribution in [2.24, 2.45) is 0 Å². The normalized spacial score (nSPS) is 15.9. The Balaban J connectivity index is 1.77. The van der Waals surface area contributed by atoms with Crippen LogP contribution >= 0.6 is 0 Å². The van der Waals surface area contributed by atoms with E-state index in [0.717, 1.165) is 6.20 Å². The van der Waals surface area contributed by atoms with E-state index in [9.17, 15) is 26.4 Å². The topological polar surface area (TPSA) is 93.5 Å². The van der Waals surface area contributed by atoms with Gasteiger partial charge in [0.25, 0.3) is 5.91 Å². The van der Waals surface area contributed by atoms with Gasteiger partial charge in [-0.1, -0.05) is 18.2 Å². The fourth-order valence-corrected chi connectivity index (χ4v) is 4.44. The molecule has 8 nitrogen and oxygen atoms in total. The van der Waals surface area contributed by atoms with Gasteiger partial charge in [-0.25, -0.2) is 13.1 Å². The number of sulfonamides is 1. The van der Waals surface area contributed by atoms with E-state index in [2.05, 4.69) is 10.4 Å². The third-order valence-electron chi connectivity index (χ3n) is 4.64. The molecule has 2 heterocycles. The molecule has 3 rings (SSSR count). The summed E-state index contributed by atoms with van der Waals surface area (Å²) >= 11 is 0. The molecule has 1 N–H and O–H groups in total. The third-order valence-corrected chi connectivity index (χ3v) is 6.51. The molecule has 2 aromatic rings. The number of morpholine rings is 1. The highest BCUT2D eigenvalue weighted by Crippen LogP contribution is 2.34. The highest BCUT2D eigenvalue weighted by atomic mass is 32.2. The molecule has 30 heavy (non-hydrogen) atoms. The Kier molecular flexibility index (Phi) is 6.48. The van der Waals surface area contributed by atoms with Crippen LogP contribution in [0.5, 0.6) is 0 Å². The lowest BCUT2D eigenvalue weighted by atomic mass is 10.1. The number of nitrogens with zero attached hydrogens (tertiary/aromatic N) is 3. The molecule has 1 aromatic heterocycles. The molecule has 0 saturated carbocycles. The lowest BCUT2D eigenvalue weighted by Gasteiger charge is -2.26. The average molecular weight is 446 g/mol. The first-order chi connectivity index (χ1) is 14.1. The molecule has 164 valence electrons. The van der Waals surface area contributed by atoms with Crippen LogP contribution in [-0.2, 0) is 20.9 Å². The summed E-state index contributed by atoms with van der Waals surface area (Å²) in [7, 11) is -3.65. The van der Waals surface area contributed by atoms with Crippen molar-refractivity contribution in [1.29, 1.82) is 0 Å². The zero-order chi connectivity index (χ0) is 21.9. The lowest BCUT2D eigenvalue weighted by molar-refractivity contribution is -0.143. The quantitative estimate of drug-likeness (QED) is 0.728. The summed E-state index contributed by atoms with van der Waals surface area (Å²) < 4.78 is 72.7. The molecular formula is C18H21F3N4O4S. The van der Waals surface area contributed by atoms with E-state index in [4.69, 9.17) is 4.74 Å². The van der Waals surface area contributed by atoms with E-state index in [-0.39, 0.29) is 38.5 Å². The van der Waals surface area contributed by atoms with Crippen molar-refractivity contribution in [3.05, 3.63) is 47.3 Å². The molecule has 1 aliphatic heterocycles. The van der Waals surface area contributed by atoms with Gasteiger partial charge in [-0.3, -0.25) is 4.79 Å². The van der Waals surface area contributed by atoms with Gasteiger partial charge in [0.1, 0.15) is 0 Å². The molecule has 0 radical (unpaired) electrons. The minimum absolute atomic E-state index is 0.193. The monoisotopic (exact) mass is 446 g/mol. The van der Waals surface area contributed by atoms with E-state index in [1.807, 2.05) is 0 Å². The van der Waals surface area contributed by atoms with Crippen LogP contribution in [-0.4, -0.2) is 67.0 Å². The number of nitrogens with one attached hydrogen (secondary N) is 1. The van der Waals surface area contributed by atoms with Crippen LogP contribution < -0.4 is 5.32 Å². The fraction of sp³-hybridized carbons (Fsp3) is 0.444. The van der Waals surface area contributed by atoms with Crippen LogP contribution in [0.3, 0.4) is 0 Å². The highest BCUT2D eigenvalue weighted by molar-refractivity contribution is 7.89. The van der Waals surface area contributed by atoms with Crippen LogP contribution in [0.2, 0.25) is 0 Å².